The van der Waals surface area contributed by atoms with Gasteiger partial charge in [-0.3, -0.25) is 19.4 Å². The SMILES string of the molecule is Cc1ccc(NC(=O)CN2CCN(C(=O)CN(C)Cc3ccccc3Cl)CC2)cc1. The van der Waals surface area contributed by atoms with Crippen LogP contribution in [0.4, 0.5) is 5.69 Å². The Balaban J connectivity index is 1.40. The Hall–Kier alpha value is -2.41. The van der Waals surface area contributed by atoms with Gasteiger partial charge < -0.3 is 10.2 Å². The second-order valence-corrected chi connectivity index (χ2v) is 8.24. The highest BCUT2D eigenvalue weighted by molar-refractivity contribution is 6.31. The third-order valence-electron chi connectivity index (χ3n) is 5.23. The number of nitrogens with zero attached hydrogens (tertiary/aromatic N) is 3. The summed E-state index contributed by atoms with van der Waals surface area (Å²) in [6, 6.07) is 15.4. The molecule has 0 radical (unpaired) electrons. The van der Waals surface area contributed by atoms with E-state index in [0.717, 1.165) is 16.8 Å². The fourth-order valence-corrected chi connectivity index (χ4v) is 3.70. The van der Waals surface area contributed by atoms with Crippen LogP contribution in [-0.4, -0.2) is 72.8 Å². The molecule has 0 saturated carbocycles. The third-order valence-corrected chi connectivity index (χ3v) is 5.60. The molecule has 0 atom stereocenters. The van der Waals surface area contributed by atoms with Crippen LogP contribution in [0.3, 0.4) is 0 Å². The van der Waals surface area contributed by atoms with Gasteiger partial charge in [-0.2, -0.15) is 0 Å². The smallest absolute Gasteiger partial charge is 0.238 e. The van der Waals surface area contributed by atoms with Crippen molar-refractivity contribution >= 4 is 29.1 Å². The minimum Gasteiger partial charge on any atom is -0.339 e. The molecule has 0 aromatic heterocycles. The maximum absolute atomic E-state index is 12.6. The van der Waals surface area contributed by atoms with E-state index in [-0.39, 0.29) is 11.8 Å². The molecule has 0 spiro atoms. The van der Waals surface area contributed by atoms with Crippen molar-refractivity contribution in [3.05, 3.63) is 64.7 Å². The first-order valence-corrected chi connectivity index (χ1v) is 10.6. The minimum atomic E-state index is -0.0295. The van der Waals surface area contributed by atoms with Gasteiger partial charge in [-0.25, -0.2) is 0 Å². The van der Waals surface area contributed by atoms with Gasteiger partial charge in [-0.1, -0.05) is 47.5 Å². The highest BCUT2D eigenvalue weighted by atomic mass is 35.5. The number of anilines is 1. The van der Waals surface area contributed by atoms with Gasteiger partial charge in [0.05, 0.1) is 13.1 Å². The monoisotopic (exact) mass is 428 g/mol. The molecule has 1 heterocycles. The van der Waals surface area contributed by atoms with Crippen LogP contribution in [0.15, 0.2) is 48.5 Å². The van der Waals surface area contributed by atoms with Gasteiger partial charge in [0.25, 0.3) is 0 Å². The summed E-state index contributed by atoms with van der Waals surface area (Å²) >= 11 is 6.21. The predicted molar refractivity (Wildman–Crippen MR) is 121 cm³/mol. The number of hydrogen-bond donors (Lipinski definition) is 1. The number of aryl methyl sites for hydroxylation is 1. The highest BCUT2D eigenvalue weighted by Gasteiger charge is 2.23. The molecule has 1 saturated heterocycles. The Morgan fingerprint density at radius 2 is 1.70 bits per heavy atom. The molecule has 2 aromatic rings. The van der Waals surface area contributed by atoms with Crippen molar-refractivity contribution < 1.29 is 9.59 Å². The lowest BCUT2D eigenvalue weighted by Gasteiger charge is -2.35. The topological polar surface area (TPSA) is 55.9 Å². The van der Waals surface area contributed by atoms with Crippen LogP contribution in [0, 0.1) is 6.92 Å². The lowest BCUT2D eigenvalue weighted by molar-refractivity contribution is -0.134. The molecule has 3 rings (SSSR count). The van der Waals surface area contributed by atoms with Gasteiger partial charge in [0, 0.05) is 43.4 Å². The summed E-state index contributed by atoms with van der Waals surface area (Å²) in [7, 11) is 1.92. The number of rotatable bonds is 7. The van der Waals surface area contributed by atoms with Crippen molar-refractivity contribution in [1.29, 1.82) is 0 Å². The molecule has 7 heteroatoms. The second-order valence-electron chi connectivity index (χ2n) is 7.83. The minimum absolute atomic E-state index is 0.0295. The summed E-state index contributed by atoms with van der Waals surface area (Å²) in [5, 5.41) is 3.64. The number of nitrogens with one attached hydrogen (secondary N) is 1. The Morgan fingerprint density at radius 3 is 2.37 bits per heavy atom. The maximum Gasteiger partial charge on any atom is 0.238 e. The summed E-state index contributed by atoms with van der Waals surface area (Å²) in [6.45, 7) is 5.99. The van der Waals surface area contributed by atoms with Crippen molar-refractivity contribution in [2.24, 2.45) is 0 Å². The number of carbonyl (C=O) groups excluding carboxylic acids is 2. The zero-order valence-electron chi connectivity index (χ0n) is 17.6. The fraction of sp³-hybridized carbons (Fsp3) is 0.391. The van der Waals surface area contributed by atoms with Crippen LogP contribution in [0.25, 0.3) is 0 Å². The van der Waals surface area contributed by atoms with E-state index in [9.17, 15) is 9.59 Å². The van der Waals surface area contributed by atoms with Gasteiger partial charge in [0.15, 0.2) is 0 Å². The predicted octanol–water partition coefficient (Wildman–Crippen LogP) is 2.86. The standard InChI is InChI=1S/C23H29ClN4O2/c1-18-7-9-20(10-8-18)25-22(29)16-27-11-13-28(14-12-27)23(30)17-26(2)15-19-5-3-4-6-21(19)24/h3-10H,11-17H2,1-2H3,(H,25,29). The molecule has 160 valence electrons. The lowest BCUT2D eigenvalue weighted by atomic mass is 10.2. The number of likely N-dealkylation sites (N-methyl/N-ethyl adjacent to an activating group) is 1. The van der Waals surface area contributed by atoms with E-state index in [0.29, 0.717) is 50.8 Å². The zero-order chi connectivity index (χ0) is 21.5. The van der Waals surface area contributed by atoms with Crippen molar-refractivity contribution in [2.45, 2.75) is 13.5 Å². The Morgan fingerprint density at radius 1 is 1.03 bits per heavy atom. The van der Waals surface area contributed by atoms with Crippen LogP contribution in [0.2, 0.25) is 5.02 Å². The van der Waals surface area contributed by atoms with Crippen molar-refractivity contribution in [3.63, 3.8) is 0 Å². The van der Waals surface area contributed by atoms with E-state index in [1.807, 2.05) is 72.3 Å². The van der Waals surface area contributed by atoms with Gasteiger partial charge in [-0.15, -0.1) is 0 Å². The molecule has 0 bridgehead atoms. The maximum atomic E-state index is 12.6. The average Bonchev–Trinajstić information content (AvgIpc) is 2.72. The van der Waals surface area contributed by atoms with Crippen LogP contribution >= 0.6 is 11.6 Å². The Kier molecular flexibility index (Phi) is 7.85. The molecule has 1 aliphatic heterocycles. The van der Waals surface area contributed by atoms with Gasteiger partial charge in [0.1, 0.15) is 0 Å². The molecule has 30 heavy (non-hydrogen) atoms. The molecule has 0 unspecified atom stereocenters. The summed E-state index contributed by atoms with van der Waals surface area (Å²) < 4.78 is 0. The molecule has 1 fully saturated rings. The summed E-state index contributed by atoms with van der Waals surface area (Å²) in [6.07, 6.45) is 0. The van der Waals surface area contributed by atoms with Crippen molar-refractivity contribution in [3.8, 4) is 0 Å². The number of benzene rings is 2. The first-order valence-electron chi connectivity index (χ1n) is 10.2. The third kappa shape index (κ3) is 6.55. The second kappa shape index (κ2) is 10.6. The largest absolute Gasteiger partial charge is 0.339 e. The molecule has 1 aliphatic rings. The first-order chi connectivity index (χ1) is 14.4. The summed E-state index contributed by atoms with van der Waals surface area (Å²) in [5.41, 5.74) is 2.98. The normalized spacial score (nSPS) is 14.7. The van der Waals surface area contributed by atoms with Crippen LogP contribution in [0.1, 0.15) is 11.1 Å². The number of hydrogen-bond acceptors (Lipinski definition) is 4. The van der Waals surface area contributed by atoms with Gasteiger partial charge in [-0.05, 0) is 37.7 Å². The molecular weight excluding hydrogens is 400 g/mol. The van der Waals surface area contributed by atoms with E-state index in [4.69, 9.17) is 11.6 Å². The van der Waals surface area contributed by atoms with E-state index < -0.39 is 0 Å². The van der Waals surface area contributed by atoms with E-state index in [1.165, 1.54) is 0 Å². The Bertz CT molecular complexity index is 864. The fourth-order valence-electron chi connectivity index (χ4n) is 3.50. The van der Waals surface area contributed by atoms with Gasteiger partial charge >= 0.3 is 0 Å². The van der Waals surface area contributed by atoms with Gasteiger partial charge in [0.2, 0.25) is 11.8 Å². The quantitative estimate of drug-likeness (QED) is 0.736. The van der Waals surface area contributed by atoms with Crippen molar-refractivity contribution in [1.82, 2.24) is 14.7 Å². The van der Waals surface area contributed by atoms with Crippen LogP contribution < -0.4 is 5.32 Å². The molecule has 2 amide bonds. The van der Waals surface area contributed by atoms with E-state index >= 15 is 0 Å². The number of amides is 2. The van der Waals surface area contributed by atoms with E-state index in [2.05, 4.69) is 10.2 Å². The summed E-state index contributed by atoms with van der Waals surface area (Å²) in [5.74, 6) is 0.0754. The number of halogens is 1. The molecule has 0 aliphatic carbocycles. The molecular formula is C23H29ClN4O2. The van der Waals surface area contributed by atoms with Crippen LogP contribution in [0.5, 0.6) is 0 Å². The van der Waals surface area contributed by atoms with E-state index in [1.54, 1.807) is 0 Å². The van der Waals surface area contributed by atoms with Crippen molar-refractivity contribution in [2.75, 3.05) is 51.6 Å². The number of carbonyl (C=O) groups is 2. The first kappa shape index (κ1) is 22.3. The lowest BCUT2D eigenvalue weighted by Crippen LogP contribution is -2.52. The highest BCUT2D eigenvalue weighted by Crippen LogP contribution is 2.16. The molecule has 2 aromatic carbocycles. The Labute approximate surface area is 183 Å². The van der Waals surface area contributed by atoms with Crippen LogP contribution in [-0.2, 0) is 16.1 Å². The number of piperazine rings is 1. The molecule has 6 nitrogen and oxygen atoms in total. The summed E-state index contributed by atoms with van der Waals surface area (Å²) in [4.78, 5) is 30.8. The molecule has 1 N–H and O–H groups in total. The average molecular weight is 429 g/mol. The zero-order valence-corrected chi connectivity index (χ0v) is 18.4.